The molecule has 1 fully saturated rings. The van der Waals surface area contributed by atoms with Crippen LogP contribution in [-0.4, -0.2) is 46.4 Å². The molecule has 0 atom stereocenters. The van der Waals surface area contributed by atoms with Crippen molar-refractivity contribution < 1.29 is 27.5 Å². The van der Waals surface area contributed by atoms with E-state index in [1.165, 1.54) is 13.1 Å². The molecule has 0 saturated heterocycles. The molecule has 0 aliphatic heterocycles. The van der Waals surface area contributed by atoms with Gasteiger partial charge in [0.25, 0.3) is 5.91 Å². The molecule has 0 heterocycles. The van der Waals surface area contributed by atoms with Crippen LogP contribution in [0, 0.1) is 12.8 Å². The minimum absolute atomic E-state index is 0.0419. The summed E-state index contributed by atoms with van der Waals surface area (Å²) in [5.74, 6) is -1.56. The Labute approximate surface area is 170 Å². The summed E-state index contributed by atoms with van der Waals surface area (Å²) in [5.41, 5.74) is 0.786. The second kappa shape index (κ2) is 10.4. The topological polar surface area (TPSA) is 131 Å². The first-order valence-electron chi connectivity index (χ1n) is 9.50. The van der Waals surface area contributed by atoms with E-state index >= 15 is 0 Å². The molecule has 160 valence electrons. The summed E-state index contributed by atoms with van der Waals surface area (Å²) >= 11 is 0. The number of hydrogen-bond acceptors (Lipinski definition) is 6. The van der Waals surface area contributed by atoms with E-state index < -0.39 is 28.5 Å². The Morgan fingerprint density at radius 1 is 1.14 bits per heavy atom. The molecule has 1 saturated carbocycles. The highest BCUT2D eigenvalue weighted by Crippen LogP contribution is 2.23. The molecule has 0 radical (unpaired) electrons. The number of rotatable bonds is 8. The van der Waals surface area contributed by atoms with E-state index in [0.29, 0.717) is 5.56 Å². The molecule has 10 heteroatoms. The Morgan fingerprint density at radius 3 is 2.48 bits per heavy atom. The minimum Gasteiger partial charge on any atom is -0.454 e. The largest absolute Gasteiger partial charge is 0.454 e. The molecule has 2 amide bonds. The molecule has 0 unspecified atom stereocenters. The van der Waals surface area contributed by atoms with Gasteiger partial charge in [-0.2, -0.15) is 0 Å². The van der Waals surface area contributed by atoms with E-state index in [1.54, 1.807) is 19.1 Å². The maximum Gasteiger partial charge on any atom is 0.325 e. The highest BCUT2D eigenvalue weighted by molar-refractivity contribution is 7.89. The molecular formula is C19H27N3O6S. The van der Waals surface area contributed by atoms with Gasteiger partial charge in [-0.3, -0.25) is 14.4 Å². The fourth-order valence-electron chi connectivity index (χ4n) is 3.14. The SMILES string of the molecule is CNS(=O)(=O)c1cc(NC(=O)COC(=O)CNC(=O)C2CCCCC2)ccc1C. The van der Waals surface area contributed by atoms with Gasteiger partial charge >= 0.3 is 5.97 Å². The fraction of sp³-hybridized carbons (Fsp3) is 0.526. The maximum absolute atomic E-state index is 12.0. The van der Waals surface area contributed by atoms with Crippen molar-refractivity contribution in [3.63, 3.8) is 0 Å². The van der Waals surface area contributed by atoms with E-state index in [-0.39, 0.29) is 29.0 Å². The van der Waals surface area contributed by atoms with Crippen LogP contribution in [0.4, 0.5) is 5.69 Å². The lowest BCUT2D eigenvalue weighted by Gasteiger charge is -2.20. The lowest BCUT2D eigenvalue weighted by molar-refractivity contribution is -0.147. The van der Waals surface area contributed by atoms with Crippen LogP contribution in [0.5, 0.6) is 0 Å². The first kappa shape index (κ1) is 22.8. The fourth-order valence-corrected chi connectivity index (χ4v) is 4.13. The number of carbonyl (C=O) groups is 3. The van der Waals surface area contributed by atoms with Gasteiger partial charge in [0, 0.05) is 11.6 Å². The van der Waals surface area contributed by atoms with Crippen LogP contribution in [0.3, 0.4) is 0 Å². The molecular weight excluding hydrogens is 398 g/mol. The van der Waals surface area contributed by atoms with E-state index in [1.807, 2.05) is 0 Å². The molecule has 1 aromatic carbocycles. The highest BCUT2D eigenvalue weighted by atomic mass is 32.2. The van der Waals surface area contributed by atoms with Crippen molar-refractivity contribution in [3.8, 4) is 0 Å². The molecule has 0 bridgehead atoms. The molecule has 0 spiro atoms. The Hall–Kier alpha value is -2.46. The summed E-state index contributed by atoms with van der Waals surface area (Å²) in [5, 5.41) is 5.03. The van der Waals surface area contributed by atoms with Crippen molar-refractivity contribution in [3.05, 3.63) is 23.8 Å². The zero-order chi connectivity index (χ0) is 21.4. The van der Waals surface area contributed by atoms with Gasteiger partial charge in [-0.15, -0.1) is 0 Å². The van der Waals surface area contributed by atoms with E-state index in [0.717, 1.165) is 32.1 Å². The summed E-state index contributed by atoms with van der Waals surface area (Å²) in [6, 6.07) is 4.44. The van der Waals surface area contributed by atoms with Crippen LogP contribution in [0.25, 0.3) is 0 Å². The zero-order valence-electron chi connectivity index (χ0n) is 16.6. The van der Waals surface area contributed by atoms with Crippen LogP contribution in [0.15, 0.2) is 23.1 Å². The first-order chi connectivity index (χ1) is 13.7. The van der Waals surface area contributed by atoms with Gasteiger partial charge in [0.05, 0.1) is 4.90 Å². The van der Waals surface area contributed by atoms with Crippen LogP contribution in [-0.2, 0) is 29.1 Å². The normalized spacial score (nSPS) is 14.8. The van der Waals surface area contributed by atoms with Gasteiger partial charge in [0.1, 0.15) is 6.54 Å². The summed E-state index contributed by atoms with van der Waals surface area (Å²) in [6.45, 7) is 0.803. The first-order valence-corrected chi connectivity index (χ1v) is 11.0. The molecule has 0 aromatic heterocycles. The number of aryl methyl sites for hydroxylation is 1. The van der Waals surface area contributed by atoms with Crippen molar-refractivity contribution in [1.82, 2.24) is 10.0 Å². The number of carbonyl (C=O) groups excluding carboxylic acids is 3. The second-order valence-electron chi connectivity index (χ2n) is 6.95. The third-order valence-electron chi connectivity index (χ3n) is 4.78. The molecule has 2 rings (SSSR count). The molecule has 9 nitrogen and oxygen atoms in total. The molecule has 1 aliphatic rings. The van der Waals surface area contributed by atoms with Crippen molar-refractivity contribution in [2.24, 2.45) is 5.92 Å². The average molecular weight is 426 g/mol. The van der Waals surface area contributed by atoms with E-state index in [2.05, 4.69) is 15.4 Å². The van der Waals surface area contributed by atoms with Gasteiger partial charge in [-0.05, 0) is 44.5 Å². The van der Waals surface area contributed by atoms with Crippen molar-refractivity contribution >= 4 is 33.5 Å². The number of amides is 2. The number of benzene rings is 1. The summed E-state index contributed by atoms with van der Waals surface area (Å²) in [7, 11) is -2.37. The average Bonchev–Trinajstić information content (AvgIpc) is 2.72. The number of ether oxygens (including phenoxy) is 1. The van der Waals surface area contributed by atoms with Crippen LogP contribution >= 0.6 is 0 Å². The number of esters is 1. The zero-order valence-corrected chi connectivity index (χ0v) is 17.4. The molecule has 1 aromatic rings. The standard InChI is InChI=1S/C19H27N3O6S/c1-13-8-9-15(10-16(13)29(26,27)20-2)22-17(23)12-28-18(24)11-21-19(25)14-6-4-3-5-7-14/h8-10,14,20H,3-7,11-12H2,1-2H3,(H,21,25)(H,22,23). The van der Waals surface area contributed by atoms with E-state index in [9.17, 15) is 22.8 Å². The summed E-state index contributed by atoms with van der Waals surface area (Å²) < 4.78 is 31.1. The van der Waals surface area contributed by atoms with Crippen LogP contribution in [0.1, 0.15) is 37.7 Å². The quantitative estimate of drug-likeness (QED) is 0.534. The number of sulfonamides is 1. The third-order valence-corrected chi connectivity index (χ3v) is 6.33. The van der Waals surface area contributed by atoms with Gasteiger partial charge in [0.15, 0.2) is 6.61 Å². The molecule has 3 N–H and O–H groups in total. The van der Waals surface area contributed by atoms with Crippen LogP contribution in [0.2, 0.25) is 0 Å². The minimum atomic E-state index is -3.66. The Kier molecular flexibility index (Phi) is 8.15. The number of nitrogens with one attached hydrogen (secondary N) is 3. The Balaban J connectivity index is 1.80. The Bertz CT molecular complexity index is 863. The predicted molar refractivity (Wildman–Crippen MR) is 107 cm³/mol. The maximum atomic E-state index is 12.0. The highest BCUT2D eigenvalue weighted by Gasteiger charge is 2.21. The lowest BCUT2D eigenvalue weighted by atomic mass is 9.89. The second-order valence-corrected chi connectivity index (χ2v) is 8.80. The third kappa shape index (κ3) is 6.82. The van der Waals surface area contributed by atoms with Crippen molar-refractivity contribution in [2.45, 2.75) is 43.9 Å². The lowest BCUT2D eigenvalue weighted by Crippen LogP contribution is -2.36. The van der Waals surface area contributed by atoms with Crippen molar-refractivity contribution in [2.75, 3.05) is 25.5 Å². The number of hydrogen-bond donors (Lipinski definition) is 3. The Morgan fingerprint density at radius 2 is 1.83 bits per heavy atom. The van der Waals surface area contributed by atoms with Crippen LogP contribution < -0.4 is 15.4 Å². The predicted octanol–water partition coefficient (Wildman–Crippen LogP) is 1.08. The van der Waals surface area contributed by atoms with Gasteiger partial charge in [-0.25, -0.2) is 13.1 Å². The molecule has 1 aliphatic carbocycles. The summed E-state index contributed by atoms with van der Waals surface area (Å²) in [6.07, 6.45) is 4.80. The van der Waals surface area contributed by atoms with Gasteiger partial charge < -0.3 is 15.4 Å². The van der Waals surface area contributed by atoms with E-state index in [4.69, 9.17) is 4.74 Å². The van der Waals surface area contributed by atoms with Gasteiger partial charge in [0.2, 0.25) is 15.9 Å². The monoisotopic (exact) mass is 425 g/mol. The number of anilines is 1. The molecule has 29 heavy (non-hydrogen) atoms. The van der Waals surface area contributed by atoms with Crippen molar-refractivity contribution in [1.29, 1.82) is 0 Å². The smallest absolute Gasteiger partial charge is 0.325 e. The van der Waals surface area contributed by atoms with Gasteiger partial charge in [-0.1, -0.05) is 25.3 Å². The summed E-state index contributed by atoms with van der Waals surface area (Å²) in [4.78, 5) is 35.8.